The van der Waals surface area contributed by atoms with Crippen molar-refractivity contribution in [3.63, 3.8) is 0 Å². The van der Waals surface area contributed by atoms with Gasteiger partial charge < -0.3 is 0 Å². The maximum atomic E-state index is 12.9. The number of rotatable bonds is 7. The van der Waals surface area contributed by atoms with Gasteiger partial charge in [0.05, 0.1) is 5.75 Å². The molecule has 0 aromatic heterocycles. The van der Waals surface area contributed by atoms with E-state index in [1.807, 2.05) is 0 Å². The van der Waals surface area contributed by atoms with E-state index in [4.69, 9.17) is 0 Å². The van der Waals surface area contributed by atoms with Gasteiger partial charge in [0.15, 0.2) is 0 Å². The summed E-state index contributed by atoms with van der Waals surface area (Å²) >= 11 is 0. The molecule has 0 unspecified atom stereocenters. The highest BCUT2D eigenvalue weighted by Gasteiger charge is 2.12. The van der Waals surface area contributed by atoms with Gasteiger partial charge in [-0.15, -0.1) is 0 Å². The summed E-state index contributed by atoms with van der Waals surface area (Å²) in [6.07, 6.45) is 1.78. The van der Waals surface area contributed by atoms with Gasteiger partial charge in [0, 0.05) is 6.54 Å². The highest BCUT2D eigenvalue weighted by molar-refractivity contribution is 7.88. The Kier molecular flexibility index (Phi) is 5.91. The molecule has 0 radical (unpaired) electrons. The number of halogens is 1. The highest BCUT2D eigenvalue weighted by atomic mass is 32.2. The molecule has 0 bridgehead atoms. The van der Waals surface area contributed by atoms with Crippen LogP contribution in [0.4, 0.5) is 4.39 Å². The Labute approximate surface area is 137 Å². The molecule has 0 heterocycles. The minimum absolute atomic E-state index is 0.151. The molecular formula is C18H22FNO2S. The van der Waals surface area contributed by atoms with E-state index in [0.29, 0.717) is 5.56 Å². The van der Waals surface area contributed by atoms with Crippen LogP contribution < -0.4 is 4.72 Å². The molecule has 0 aliphatic rings. The Morgan fingerprint density at radius 2 is 1.57 bits per heavy atom. The summed E-state index contributed by atoms with van der Waals surface area (Å²) in [6.45, 7) is 4.40. The third-order valence-corrected chi connectivity index (χ3v) is 5.11. The normalized spacial score (nSPS) is 11.6. The van der Waals surface area contributed by atoms with Crippen molar-refractivity contribution < 1.29 is 12.8 Å². The first-order valence-electron chi connectivity index (χ1n) is 7.76. The monoisotopic (exact) mass is 335 g/mol. The summed E-state index contributed by atoms with van der Waals surface area (Å²) in [4.78, 5) is 0. The lowest BCUT2D eigenvalue weighted by atomic mass is 10.0. The van der Waals surface area contributed by atoms with Crippen LogP contribution in [0.1, 0.15) is 36.1 Å². The van der Waals surface area contributed by atoms with Crippen molar-refractivity contribution in [2.24, 2.45) is 0 Å². The molecular weight excluding hydrogens is 313 g/mol. The molecule has 2 rings (SSSR count). The minimum Gasteiger partial charge on any atom is -0.212 e. The molecule has 0 fully saturated rings. The summed E-state index contributed by atoms with van der Waals surface area (Å²) in [5.41, 5.74) is 3.91. The van der Waals surface area contributed by atoms with E-state index in [2.05, 4.69) is 36.8 Å². The molecule has 124 valence electrons. The quantitative estimate of drug-likeness (QED) is 0.841. The van der Waals surface area contributed by atoms with Crippen molar-refractivity contribution in [2.75, 3.05) is 0 Å². The molecule has 0 spiro atoms. The molecule has 0 saturated heterocycles. The maximum absolute atomic E-state index is 12.9. The molecule has 5 heteroatoms. The van der Waals surface area contributed by atoms with Crippen molar-refractivity contribution in [1.29, 1.82) is 0 Å². The molecule has 1 N–H and O–H groups in total. The van der Waals surface area contributed by atoms with Crippen LogP contribution in [-0.2, 0) is 35.2 Å². The molecule has 0 aliphatic heterocycles. The minimum atomic E-state index is -3.46. The highest BCUT2D eigenvalue weighted by Crippen LogP contribution is 2.14. The van der Waals surface area contributed by atoms with Crippen LogP contribution in [-0.4, -0.2) is 8.42 Å². The van der Waals surface area contributed by atoms with Crippen molar-refractivity contribution in [3.05, 3.63) is 70.5 Å². The van der Waals surface area contributed by atoms with Crippen LogP contribution in [0, 0.1) is 5.82 Å². The predicted molar refractivity (Wildman–Crippen MR) is 91.1 cm³/mol. The fourth-order valence-electron chi connectivity index (χ4n) is 2.45. The first-order valence-corrected chi connectivity index (χ1v) is 9.41. The van der Waals surface area contributed by atoms with Crippen LogP contribution in [0.15, 0.2) is 42.5 Å². The fraction of sp³-hybridized carbons (Fsp3) is 0.333. The first-order chi connectivity index (χ1) is 10.9. The third kappa shape index (κ3) is 5.15. The van der Waals surface area contributed by atoms with Gasteiger partial charge in [0.1, 0.15) is 5.82 Å². The summed E-state index contributed by atoms with van der Waals surface area (Å²) < 4.78 is 39.9. The SMILES string of the molecule is CCc1ccc(CC)c(CNS(=O)(=O)Cc2ccc(F)cc2)c1. The average Bonchev–Trinajstić information content (AvgIpc) is 2.54. The van der Waals surface area contributed by atoms with Crippen LogP contribution in [0.25, 0.3) is 0 Å². The third-order valence-electron chi connectivity index (χ3n) is 3.81. The Balaban J connectivity index is 2.08. The zero-order valence-corrected chi connectivity index (χ0v) is 14.3. The van der Waals surface area contributed by atoms with Crippen molar-refractivity contribution in [2.45, 2.75) is 39.0 Å². The predicted octanol–water partition coefficient (Wildman–Crippen LogP) is 3.57. The molecule has 0 aliphatic carbocycles. The maximum Gasteiger partial charge on any atom is 0.216 e. The van der Waals surface area contributed by atoms with Gasteiger partial charge in [-0.1, -0.05) is 44.2 Å². The Morgan fingerprint density at radius 3 is 2.17 bits per heavy atom. The largest absolute Gasteiger partial charge is 0.216 e. The van der Waals surface area contributed by atoms with Gasteiger partial charge in [-0.2, -0.15) is 0 Å². The van der Waals surface area contributed by atoms with E-state index in [9.17, 15) is 12.8 Å². The van der Waals surface area contributed by atoms with E-state index in [1.165, 1.54) is 29.8 Å². The topological polar surface area (TPSA) is 46.2 Å². The standard InChI is InChI=1S/C18H22FNO2S/c1-3-14-5-8-16(4-2)17(11-14)12-20-23(21,22)13-15-6-9-18(19)10-7-15/h5-11,20H,3-4,12-13H2,1-2H3. The van der Waals surface area contributed by atoms with Gasteiger partial charge >= 0.3 is 0 Å². The number of benzene rings is 2. The first kappa shape index (κ1) is 17.6. The molecule has 0 amide bonds. The lowest BCUT2D eigenvalue weighted by molar-refractivity contribution is 0.580. The number of hydrogen-bond acceptors (Lipinski definition) is 2. The van der Waals surface area contributed by atoms with E-state index in [0.717, 1.165) is 24.0 Å². The van der Waals surface area contributed by atoms with Gasteiger partial charge in [-0.25, -0.2) is 17.5 Å². The van der Waals surface area contributed by atoms with E-state index >= 15 is 0 Å². The van der Waals surface area contributed by atoms with E-state index in [-0.39, 0.29) is 18.1 Å². The van der Waals surface area contributed by atoms with Gasteiger partial charge in [0.25, 0.3) is 0 Å². The average molecular weight is 335 g/mol. The van der Waals surface area contributed by atoms with Crippen LogP contribution in [0.2, 0.25) is 0 Å². The number of hydrogen-bond donors (Lipinski definition) is 1. The van der Waals surface area contributed by atoms with E-state index in [1.54, 1.807) is 0 Å². The van der Waals surface area contributed by atoms with Crippen LogP contribution >= 0.6 is 0 Å². The van der Waals surface area contributed by atoms with Crippen molar-refractivity contribution >= 4 is 10.0 Å². The van der Waals surface area contributed by atoms with Gasteiger partial charge in [-0.05, 0) is 47.2 Å². The molecule has 23 heavy (non-hydrogen) atoms. The Hall–Kier alpha value is -1.72. The number of aryl methyl sites for hydroxylation is 2. The van der Waals surface area contributed by atoms with E-state index < -0.39 is 10.0 Å². The molecule has 0 atom stereocenters. The van der Waals surface area contributed by atoms with Gasteiger partial charge in [-0.3, -0.25) is 0 Å². The van der Waals surface area contributed by atoms with Crippen molar-refractivity contribution in [1.82, 2.24) is 4.72 Å². The summed E-state index contributed by atoms with van der Waals surface area (Å²) in [5, 5.41) is 0. The molecule has 0 saturated carbocycles. The molecule has 2 aromatic rings. The number of nitrogens with one attached hydrogen (secondary N) is 1. The smallest absolute Gasteiger partial charge is 0.212 e. The van der Waals surface area contributed by atoms with Crippen molar-refractivity contribution in [3.8, 4) is 0 Å². The van der Waals surface area contributed by atoms with Crippen LogP contribution in [0.5, 0.6) is 0 Å². The second-order valence-corrected chi connectivity index (χ2v) is 7.32. The zero-order chi connectivity index (χ0) is 16.9. The zero-order valence-electron chi connectivity index (χ0n) is 13.5. The Bertz CT molecular complexity index is 755. The summed E-state index contributed by atoms with van der Waals surface area (Å²) in [6, 6.07) is 11.7. The summed E-state index contributed by atoms with van der Waals surface area (Å²) in [7, 11) is -3.46. The second-order valence-electron chi connectivity index (χ2n) is 5.52. The lowest BCUT2D eigenvalue weighted by Crippen LogP contribution is -2.25. The second kappa shape index (κ2) is 7.70. The molecule has 2 aromatic carbocycles. The summed E-state index contributed by atoms with van der Waals surface area (Å²) in [5.74, 6) is -0.523. The fourth-order valence-corrected chi connectivity index (χ4v) is 3.56. The Morgan fingerprint density at radius 1 is 0.913 bits per heavy atom. The molecule has 3 nitrogen and oxygen atoms in total. The number of sulfonamides is 1. The lowest BCUT2D eigenvalue weighted by Gasteiger charge is -2.12. The van der Waals surface area contributed by atoms with Gasteiger partial charge in [0.2, 0.25) is 10.0 Å². The van der Waals surface area contributed by atoms with Crippen LogP contribution in [0.3, 0.4) is 0 Å².